The Hall–Kier alpha value is -0.850. The molecule has 2 N–H and O–H groups in total. The molecule has 0 atom stereocenters. The summed E-state index contributed by atoms with van der Waals surface area (Å²) in [5.41, 5.74) is 6.05. The number of hydrogen-bond acceptors (Lipinski definition) is 3. The first-order valence-corrected chi connectivity index (χ1v) is 4.16. The van der Waals surface area contributed by atoms with E-state index in [-0.39, 0.29) is 11.4 Å². The van der Waals surface area contributed by atoms with Gasteiger partial charge in [0.05, 0.1) is 5.66 Å². The Kier molecular flexibility index (Phi) is 2.85. The summed E-state index contributed by atoms with van der Waals surface area (Å²) in [5.74, 6) is 2.81. The lowest BCUT2D eigenvalue weighted by molar-refractivity contribution is -0.117. The van der Waals surface area contributed by atoms with Gasteiger partial charge in [-0.2, -0.15) is 0 Å². The van der Waals surface area contributed by atoms with E-state index in [1.807, 2.05) is 0 Å². The lowest BCUT2D eigenvalue weighted by Crippen LogP contribution is -2.18. The molecule has 0 aliphatic carbocycles. The van der Waals surface area contributed by atoms with Crippen LogP contribution < -0.4 is 10.9 Å². The molecular formula is C9H14N2O. The van der Waals surface area contributed by atoms with Gasteiger partial charge in [0.15, 0.2) is 0 Å². The van der Waals surface area contributed by atoms with Crippen LogP contribution in [0, 0.1) is 12.3 Å². The van der Waals surface area contributed by atoms with Crippen molar-refractivity contribution in [3.63, 3.8) is 0 Å². The molecule has 0 radical (unpaired) electrons. The van der Waals surface area contributed by atoms with E-state index in [1.165, 1.54) is 0 Å². The van der Waals surface area contributed by atoms with Gasteiger partial charge in [0.25, 0.3) is 0 Å². The Morgan fingerprint density at radius 3 is 2.58 bits per heavy atom. The van der Waals surface area contributed by atoms with Crippen molar-refractivity contribution >= 4 is 5.78 Å². The molecule has 0 aromatic rings. The van der Waals surface area contributed by atoms with Gasteiger partial charge >= 0.3 is 0 Å². The standard InChI is InChI=1S/C9H14N2O/c1-3-4-6-9(10-11-9)7-5-8(2)12/h1,10-11H,4-7H2,2H3. The van der Waals surface area contributed by atoms with Crippen LogP contribution in [-0.4, -0.2) is 11.4 Å². The van der Waals surface area contributed by atoms with E-state index in [2.05, 4.69) is 16.8 Å². The summed E-state index contributed by atoms with van der Waals surface area (Å²) in [7, 11) is 0. The van der Waals surface area contributed by atoms with Crippen molar-refractivity contribution in [1.82, 2.24) is 10.9 Å². The van der Waals surface area contributed by atoms with Gasteiger partial charge in [0.2, 0.25) is 0 Å². The number of hydrazine groups is 1. The SMILES string of the molecule is C#CCCC1(CCC(C)=O)NN1. The number of Topliss-reactive ketones (excluding diaryl/α,β-unsaturated/α-hetero) is 1. The number of hydrogen-bond donors (Lipinski definition) is 2. The number of rotatable bonds is 5. The van der Waals surface area contributed by atoms with Crippen LogP contribution in [0.5, 0.6) is 0 Å². The van der Waals surface area contributed by atoms with Crippen LogP contribution in [-0.2, 0) is 4.79 Å². The zero-order valence-corrected chi connectivity index (χ0v) is 7.31. The van der Waals surface area contributed by atoms with Crippen LogP contribution in [0.3, 0.4) is 0 Å². The third-order valence-electron chi connectivity index (χ3n) is 2.08. The third kappa shape index (κ3) is 2.65. The fourth-order valence-electron chi connectivity index (χ4n) is 1.14. The molecule has 1 heterocycles. The van der Waals surface area contributed by atoms with Gasteiger partial charge in [0.1, 0.15) is 5.78 Å². The van der Waals surface area contributed by atoms with Gasteiger partial charge < -0.3 is 4.79 Å². The predicted molar refractivity (Wildman–Crippen MR) is 47.0 cm³/mol. The lowest BCUT2D eigenvalue weighted by atomic mass is 10.0. The maximum Gasteiger partial charge on any atom is 0.129 e. The third-order valence-corrected chi connectivity index (χ3v) is 2.08. The molecule has 1 fully saturated rings. The minimum Gasteiger partial charge on any atom is -0.300 e. The number of ketones is 1. The van der Waals surface area contributed by atoms with E-state index in [1.54, 1.807) is 6.92 Å². The molecule has 66 valence electrons. The Balaban J connectivity index is 2.21. The molecule has 0 saturated carbocycles. The van der Waals surface area contributed by atoms with E-state index in [9.17, 15) is 4.79 Å². The molecule has 0 amide bonds. The van der Waals surface area contributed by atoms with Crippen molar-refractivity contribution in [3.8, 4) is 12.3 Å². The first-order chi connectivity index (χ1) is 5.68. The smallest absolute Gasteiger partial charge is 0.129 e. The molecule has 0 aromatic heterocycles. The van der Waals surface area contributed by atoms with Crippen molar-refractivity contribution in [2.45, 2.75) is 38.3 Å². The number of carbonyl (C=O) groups excluding carboxylic acids is 1. The maximum atomic E-state index is 10.7. The topological polar surface area (TPSA) is 61.0 Å². The second-order valence-electron chi connectivity index (χ2n) is 3.24. The molecule has 1 saturated heterocycles. The first kappa shape index (κ1) is 9.24. The molecule has 0 bridgehead atoms. The van der Waals surface area contributed by atoms with Crippen LogP contribution >= 0.6 is 0 Å². The summed E-state index contributed by atoms with van der Waals surface area (Å²) < 4.78 is 0. The average molecular weight is 166 g/mol. The number of nitrogens with one attached hydrogen (secondary N) is 2. The van der Waals surface area contributed by atoms with Crippen LogP contribution in [0.2, 0.25) is 0 Å². The molecule has 0 unspecified atom stereocenters. The quantitative estimate of drug-likeness (QED) is 0.463. The fraction of sp³-hybridized carbons (Fsp3) is 0.667. The van der Waals surface area contributed by atoms with E-state index in [4.69, 9.17) is 6.42 Å². The minimum absolute atomic E-state index is 0.0297. The zero-order chi connectivity index (χ0) is 9.03. The molecule has 1 rings (SSSR count). The van der Waals surface area contributed by atoms with E-state index in [0.717, 1.165) is 19.3 Å². The highest BCUT2D eigenvalue weighted by Gasteiger charge is 2.40. The molecule has 12 heavy (non-hydrogen) atoms. The van der Waals surface area contributed by atoms with Gasteiger partial charge in [-0.05, 0) is 19.8 Å². The number of terminal acetylenes is 1. The molecule has 1 aliphatic rings. The van der Waals surface area contributed by atoms with E-state index >= 15 is 0 Å². The number of carbonyl (C=O) groups is 1. The summed E-state index contributed by atoms with van der Waals surface area (Å²) in [6.07, 6.45) is 8.25. The van der Waals surface area contributed by atoms with Crippen molar-refractivity contribution in [2.75, 3.05) is 0 Å². The summed E-state index contributed by atoms with van der Waals surface area (Å²) in [6, 6.07) is 0. The van der Waals surface area contributed by atoms with Crippen LogP contribution in [0.15, 0.2) is 0 Å². The summed E-state index contributed by atoms with van der Waals surface area (Å²) in [5, 5.41) is 0. The highest BCUT2D eigenvalue weighted by Crippen LogP contribution is 2.23. The summed E-state index contributed by atoms with van der Waals surface area (Å²) >= 11 is 0. The largest absolute Gasteiger partial charge is 0.300 e. The van der Waals surface area contributed by atoms with Crippen molar-refractivity contribution in [1.29, 1.82) is 0 Å². The fourth-order valence-corrected chi connectivity index (χ4v) is 1.14. The van der Waals surface area contributed by atoms with Crippen LogP contribution in [0.4, 0.5) is 0 Å². The molecular weight excluding hydrogens is 152 g/mol. The monoisotopic (exact) mass is 166 g/mol. The lowest BCUT2D eigenvalue weighted by Gasteiger charge is -2.07. The van der Waals surface area contributed by atoms with Gasteiger partial charge in [-0.15, -0.1) is 12.3 Å². The summed E-state index contributed by atoms with van der Waals surface area (Å²) in [4.78, 5) is 10.7. The van der Waals surface area contributed by atoms with Crippen LogP contribution in [0.25, 0.3) is 0 Å². The van der Waals surface area contributed by atoms with E-state index in [0.29, 0.717) is 6.42 Å². The first-order valence-electron chi connectivity index (χ1n) is 4.16. The molecule has 1 aliphatic heterocycles. The van der Waals surface area contributed by atoms with Crippen molar-refractivity contribution < 1.29 is 4.79 Å². The van der Waals surface area contributed by atoms with Crippen LogP contribution in [0.1, 0.15) is 32.6 Å². The maximum absolute atomic E-state index is 10.7. The van der Waals surface area contributed by atoms with Crippen molar-refractivity contribution in [3.05, 3.63) is 0 Å². The molecule has 3 nitrogen and oxygen atoms in total. The Morgan fingerprint density at radius 1 is 1.50 bits per heavy atom. The molecule has 0 spiro atoms. The Labute approximate surface area is 72.9 Å². The van der Waals surface area contributed by atoms with Gasteiger partial charge in [-0.1, -0.05) is 0 Å². The van der Waals surface area contributed by atoms with Crippen molar-refractivity contribution in [2.24, 2.45) is 0 Å². The van der Waals surface area contributed by atoms with Gasteiger partial charge in [-0.25, -0.2) is 10.9 Å². The molecule has 3 heteroatoms. The average Bonchev–Trinajstić information content (AvgIpc) is 2.79. The van der Waals surface area contributed by atoms with Gasteiger partial charge in [-0.3, -0.25) is 0 Å². The van der Waals surface area contributed by atoms with E-state index < -0.39 is 0 Å². The second kappa shape index (κ2) is 3.70. The Bertz CT molecular complexity index is 213. The predicted octanol–water partition coefficient (Wildman–Crippen LogP) is 0.573. The normalized spacial score (nSPS) is 18.3. The molecule has 0 aromatic carbocycles. The highest BCUT2D eigenvalue weighted by molar-refractivity contribution is 5.75. The summed E-state index contributed by atoms with van der Waals surface area (Å²) in [6.45, 7) is 1.61. The van der Waals surface area contributed by atoms with Gasteiger partial charge in [0, 0.05) is 12.8 Å². The Morgan fingerprint density at radius 2 is 2.17 bits per heavy atom. The highest BCUT2D eigenvalue weighted by atomic mass is 16.1. The minimum atomic E-state index is -0.0297. The second-order valence-corrected chi connectivity index (χ2v) is 3.24. The zero-order valence-electron chi connectivity index (χ0n) is 7.31.